The van der Waals surface area contributed by atoms with Gasteiger partial charge in [0.2, 0.25) is 0 Å². The molecule has 0 radical (unpaired) electrons. The second-order valence-corrected chi connectivity index (χ2v) is 7.94. The summed E-state index contributed by atoms with van der Waals surface area (Å²) in [6, 6.07) is 10.9. The molecule has 0 bridgehead atoms. The van der Waals surface area contributed by atoms with E-state index in [1.807, 2.05) is 36.4 Å². The Balaban J connectivity index is 1.61. The van der Waals surface area contributed by atoms with E-state index >= 15 is 0 Å². The Bertz CT molecular complexity index is 1010. The molecule has 0 N–H and O–H groups in total. The van der Waals surface area contributed by atoms with Crippen LogP contribution in [0.4, 0.5) is 0 Å². The predicted octanol–water partition coefficient (Wildman–Crippen LogP) is 3.96. The van der Waals surface area contributed by atoms with Crippen LogP contribution in [0.5, 0.6) is 0 Å². The molecule has 0 unspecified atom stereocenters. The summed E-state index contributed by atoms with van der Waals surface area (Å²) in [5.41, 5.74) is 0.711. The number of thiophene rings is 1. The number of rotatable bonds is 4. The summed E-state index contributed by atoms with van der Waals surface area (Å²) in [5, 5.41) is 8.63. The first-order valence-electron chi connectivity index (χ1n) is 9.28. The standard InChI is InChI=1S/C20H21N3O3S/c1-13(20(25)26-15-10-6-3-7-11-15)23-19(24)16-12-17(27-18(16)21-22-23)14-8-4-2-5-9-14/h2,4-5,8-9,12-13,15H,3,6-7,10-11H2,1H3/t13-/m1/s1. The number of esters is 1. The van der Waals surface area contributed by atoms with E-state index in [0.29, 0.717) is 10.2 Å². The molecule has 3 aromatic rings. The molecule has 0 spiro atoms. The first-order chi connectivity index (χ1) is 13.1. The van der Waals surface area contributed by atoms with Crippen LogP contribution in [0, 0.1) is 0 Å². The van der Waals surface area contributed by atoms with Gasteiger partial charge in [0.05, 0.1) is 5.39 Å². The molecule has 1 aliphatic rings. The van der Waals surface area contributed by atoms with Crippen molar-refractivity contribution in [3.63, 3.8) is 0 Å². The quantitative estimate of drug-likeness (QED) is 0.638. The molecule has 0 amide bonds. The lowest BCUT2D eigenvalue weighted by Crippen LogP contribution is -2.34. The van der Waals surface area contributed by atoms with Crippen LogP contribution in [0.15, 0.2) is 41.2 Å². The fourth-order valence-corrected chi connectivity index (χ4v) is 4.38. The molecule has 1 aromatic carbocycles. The van der Waals surface area contributed by atoms with Gasteiger partial charge in [-0.3, -0.25) is 4.79 Å². The summed E-state index contributed by atoms with van der Waals surface area (Å²) in [5.74, 6) is -0.420. The number of benzene rings is 1. The van der Waals surface area contributed by atoms with E-state index in [0.717, 1.165) is 40.8 Å². The highest BCUT2D eigenvalue weighted by Crippen LogP contribution is 2.30. The largest absolute Gasteiger partial charge is 0.461 e. The van der Waals surface area contributed by atoms with Gasteiger partial charge < -0.3 is 4.74 Å². The summed E-state index contributed by atoms with van der Waals surface area (Å²) in [6.45, 7) is 1.64. The van der Waals surface area contributed by atoms with Crippen molar-refractivity contribution in [2.75, 3.05) is 0 Å². The average molecular weight is 383 g/mol. The third kappa shape index (κ3) is 3.64. The van der Waals surface area contributed by atoms with Gasteiger partial charge in [-0.2, -0.15) is 4.68 Å². The molecule has 0 aliphatic heterocycles. The number of nitrogens with zero attached hydrogens (tertiary/aromatic N) is 3. The molecule has 140 valence electrons. The van der Waals surface area contributed by atoms with Gasteiger partial charge >= 0.3 is 5.97 Å². The number of ether oxygens (including phenoxy) is 1. The van der Waals surface area contributed by atoms with E-state index in [1.165, 1.54) is 17.8 Å². The fourth-order valence-electron chi connectivity index (χ4n) is 3.41. The lowest BCUT2D eigenvalue weighted by Gasteiger charge is -2.23. The van der Waals surface area contributed by atoms with Crippen LogP contribution in [0.1, 0.15) is 45.1 Å². The van der Waals surface area contributed by atoms with Crippen molar-refractivity contribution in [1.82, 2.24) is 15.0 Å². The van der Waals surface area contributed by atoms with Crippen molar-refractivity contribution in [2.24, 2.45) is 0 Å². The second-order valence-electron chi connectivity index (χ2n) is 6.91. The van der Waals surface area contributed by atoms with Gasteiger partial charge in [-0.15, -0.1) is 16.4 Å². The minimum absolute atomic E-state index is 0.0491. The Morgan fingerprint density at radius 1 is 1.22 bits per heavy atom. The number of carbonyl (C=O) groups is 1. The van der Waals surface area contributed by atoms with E-state index in [4.69, 9.17) is 4.74 Å². The Morgan fingerprint density at radius 3 is 2.70 bits per heavy atom. The summed E-state index contributed by atoms with van der Waals surface area (Å²) >= 11 is 1.42. The second kappa shape index (κ2) is 7.60. The normalized spacial score (nSPS) is 16.3. The monoisotopic (exact) mass is 383 g/mol. The van der Waals surface area contributed by atoms with Crippen molar-refractivity contribution in [3.05, 3.63) is 46.8 Å². The molecule has 6 nitrogen and oxygen atoms in total. The maximum atomic E-state index is 12.9. The summed E-state index contributed by atoms with van der Waals surface area (Å²) in [6.07, 6.45) is 5.08. The number of hydrogen-bond donors (Lipinski definition) is 0. The van der Waals surface area contributed by atoms with Gasteiger partial charge in [0.1, 0.15) is 6.10 Å². The Hall–Kier alpha value is -2.54. The smallest absolute Gasteiger partial charge is 0.331 e. The van der Waals surface area contributed by atoms with E-state index in [2.05, 4.69) is 10.3 Å². The molecule has 7 heteroatoms. The lowest BCUT2D eigenvalue weighted by atomic mass is 9.98. The van der Waals surface area contributed by atoms with E-state index in [-0.39, 0.29) is 11.7 Å². The SMILES string of the molecule is C[C@H](C(=O)OC1CCCCC1)n1nnc2sc(-c3ccccc3)cc2c1=O. The van der Waals surface area contributed by atoms with E-state index < -0.39 is 12.0 Å². The Morgan fingerprint density at radius 2 is 1.96 bits per heavy atom. The van der Waals surface area contributed by atoms with Gasteiger partial charge in [-0.1, -0.05) is 42.0 Å². The van der Waals surface area contributed by atoms with Crippen molar-refractivity contribution >= 4 is 27.5 Å². The molecule has 1 aliphatic carbocycles. The average Bonchev–Trinajstić information content (AvgIpc) is 3.14. The van der Waals surface area contributed by atoms with Crippen molar-refractivity contribution in [1.29, 1.82) is 0 Å². The van der Waals surface area contributed by atoms with Gasteiger partial charge in [0.25, 0.3) is 5.56 Å². The summed E-state index contributed by atoms with van der Waals surface area (Å²) in [4.78, 5) is 26.9. The molecule has 4 rings (SSSR count). The number of carbonyl (C=O) groups excluding carboxylic acids is 1. The van der Waals surface area contributed by atoms with Crippen LogP contribution >= 0.6 is 11.3 Å². The molecule has 1 atom stereocenters. The zero-order valence-corrected chi connectivity index (χ0v) is 15.9. The van der Waals surface area contributed by atoms with Gasteiger partial charge in [0.15, 0.2) is 10.9 Å². The minimum atomic E-state index is -0.795. The maximum Gasteiger partial charge on any atom is 0.331 e. The zero-order valence-electron chi connectivity index (χ0n) is 15.1. The molecular formula is C20H21N3O3S. The topological polar surface area (TPSA) is 74.1 Å². The van der Waals surface area contributed by atoms with Crippen LogP contribution < -0.4 is 5.56 Å². The number of fused-ring (bicyclic) bond motifs is 1. The highest BCUT2D eigenvalue weighted by Gasteiger charge is 2.25. The Labute approximate surface area is 160 Å². The van der Waals surface area contributed by atoms with Gasteiger partial charge in [-0.05, 0) is 44.2 Å². The molecule has 2 aromatic heterocycles. The lowest BCUT2D eigenvalue weighted by molar-refractivity contribution is -0.154. The van der Waals surface area contributed by atoms with Crippen LogP contribution in [0.25, 0.3) is 20.7 Å². The van der Waals surface area contributed by atoms with Crippen molar-refractivity contribution < 1.29 is 9.53 Å². The van der Waals surface area contributed by atoms with Crippen LogP contribution in [-0.2, 0) is 9.53 Å². The third-order valence-electron chi connectivity index (χ3n) is 4.98. The predicted molar refractivity (Wildman–Crippen MR) is 105 cm³/mol. The molecule has 2 heterocycles. The van der Waals surface area contributed by atoms with Gasteiger partial charge in [0, 0.05) is 4.88 Å². The molecule has 0 saturated heterocycles. The maximum absolute atomic E-state index is 12.9. The first-order valence-corrected chi connectivity index (χ1v) is 10.1. The summed E-state index contributed by atoms with van der Waals surface area (Å²) in [7, 11) is 0. The van der Waals surface area contributed by atoms with E-state index in [9.17, 15) is 9.59 Å². The summed E-state index contributed by atoms with van der Waals surface area (Å²) < 4.78 is 6.72. The molecular weight excluding hydrogens is 362 g/mol. The number of hydrogen-bond acceptors (Lipinski definition) is 6. The van der Waals surface area contributed by atoms with Crippen molar-refractivity contribution in [3.8, 4) is 10.4 Å². The van der Waals surface area contributed by atoms with Crippen LogP contribution in [-0.4, -0.2) is 27.1 Å². The van der Waals surface area contributed by atoms with Gasteiger partial charge in [-0.25, -0.2) is 4.79 Å². The van der Waals surface area contributed by atoms with Crippen LogP contribution in [0.3, 0.4) is 0 Å². The number of aromatic nitrogens is 3. The molecule has 1 saturated carbocycles. The highest BCUT2D eigenvalue weighted by molar-refractivity contribution is 7.21. The van der Waals surface area contributed by atoms with E-state index in [1.54, 1.807) is 6.92 Å². The fraction of sp³-hybridized carbons (Fsp3) is 0.400. The third-order valence-corrected chi connectivity index (χ3v) is 6.05. The zero-order chi connectivity index (χ0) is 18.8. The van der Waals surface area contributed by atoms with Crippen LogP contribution in [0.2, 0.25) is 0 Å². The first kappa shape index (κ1) is 17.9. The highest BCUT2D eigenvalue weighted by atomic mass is 32.1. The van der Waals surface area contributed by atoms with Crippen molar-refractivity contribution in [2.45, 2.75) is 51.2 Å². The molecule has 27 heavy (non-hydrogen) atoms. The minimum Gasteiger partial charge on any atom is -0.461 e. The molecule has 1 fully saturated rings. The Kier molecular flexibility index (Phi) is 5.03.